The summed E-state index contributed by atoms with van der Waals surface area (Å²) in [5.74, 6) is 2.87. The van der Waals surface area contributed by atoms with Gasteiger partial charge in [-0.2, -0.15) is 11.8 Å². The van der Waals surface area contributed by atoms with Crippen LogP contribution in [0.1, 0.15) is 19.8 Å². The molecule has 2 rings (SSSR count). The zero-order chi connectivity index (χ0) is 13.0. The fourth-order valence-electron chi connectivity index (χ4n) is 2.92. The lowest BCUT2D eigenvalue weighted by Crippen LogP contribution is -2.48. The summed E-state index contributed by atoms with van der Waals surface area (Å²) in [5.41, 5.74) is 0. The molecule has 0 aliphatic carbocycles. The van der Waals surface area contributed by atoms with Crippen LogP contribution in [0, 0.1) is 0 Å². The van der Waals surface area contributed by atoms with Crippen LogP contribution in [0.5, 0.6) is 0 Å². The maximum Gasteiger partial charge on any atom is 0.153 e. The average molecular weight is 292 g/mol. The summed E-state index contributed by atoms with van der Waals surface area (Å²) >= 11 is 1.90. The molecule has 1 N–H and O–H groups in total. The summed E-state index contributed by atoms with van der Waals surface area (Å²) in [4.78, 5) is 2.37. The molecule has 6 heteroatoms. The van der Waals surface area contributed by atoms with E-state index >= 15 is 0 Å². The number of nitrogens with one attached hydrogen (secondary N) is 1. The topological polar surface area (TPSA) is 49.4 Å². The van der Waals surface area contributed by atoms with Gasteiger partial charge in [-0.05, 0) is 31.7 Å². The van der Waals surface area contributed by atoms with E-state index in [1.807, 2.05) is 11.8 Å². The Hall–Kier alpha value is 0.220. The van der Waals surface area contributed by atoms with E-state index in [0.717, 1.165) is 31.1 Å². The molecule has 2 saturated heterocycles. The Morgan fingerprint density at radius 1 is 1.28 bits per heavy atom. The molecule has 2 heterocycles. The van der Waals surface area contributed by atoms with Crippen molar-refractivity contribution in [2.75, 3.05) is 42.6 Å². The quantitative estimate of drug-likeness (QED) is 0.726. The minimum absolute atomic E-state index is 0.144. The molecular formula is C12H24N2O2S2. The minimum atomic E-state index is -2.84. The summed E-state index contributed by atoms with van der Waals surface area (Å²) in [5, 5.41) is 3.46. The maximum absolute atomic E-state index is 11.8. The number of likely N-dealkylation sites (tertiary alicyclic amines) is 1. The number of hydrogen-bond donors (Lipinski definition) is 1. The second-order valence-corrected chi connectivity index (χ2v) is 8.69. The summed E-state index contributed by atoms with van der Waals surface area (Å²) in [6.07, 6.45) is 2.43. The smallest absolute Gasteiger partial charge is 0.153 e. The van der Waals surface area contributed by atoms with E-state index in [0.29, 0.717) is 11.5 Å². The standard InChI is InChI=1S/C12H24N2O2S2/c1-2-17-8-5-13-11-9-18(15,16)10-12(11)14-6-3-4-7-14/h11-13H,2-10H2,1H3/t11-,12+/m1/s1. The summed E-state index contributed by atoms with van der Waals surface area (Å²) in [6.45, 7) is 5.21. The molecule has 106 valence electrons. The Morgan fingerprint density at radius 2 is 2.00 bits per heavy atom. The van der Waals surface area contributed by atoms with Crippen molar-refractivity contribution >= 4 is 21.6 Å². The van der Waals surface area contributed by atoms with Gasteiger partial charge < -0.3 is 5.32 Å². The van der Waals surface area contributed by atoms with Crippen LogP contribution in [0.2, 0.25) is 0 Å². The van der Waals surface area contributed by atoms with E-state index in [1.165, 1.54) is 12.8 Å². The van der Waals surface area contributed by atoms with Crippen LogP contribution in [0.4, 0.5) is 0 Å². The van der Waals surface area contributed by atoms with Crippen LogP contribution in [0.25, 0.3) is 0 Å². The van der Waals surface area contributed by atoms with Crippen LogP contribution < -0.4 is 5.32 Å². The van der Waals surface area contributed by atoms with Gasteiger partial charge in [-0.15, -0.1) is 0 Å². The second-order valence-electron chi connectivity index (χ2n) is 5.14. The molecule has 0 aromatic rings. The van der Waals surface area contributed by atoms with Gasteiger partial charge in [0.2, 0.25) is 0 Å². The highest BCUT2D eigenvalue weighted by molar-refractivity contribution is 7.99. The minimum Gasteiger partial charge on any atom is -0.311 e. The first-order chi connectivity index (χ1) is 8.62. The fraction of sp³-hybridized carbons (Fsp3) is 1.00. The summed E-state index contributed by atoms with van der Waals surface area (Å²) in [6, 6.07) is 0.356. The van der Waals surface area contributed by atoms with E-state index in [1.54, 1.807) is 0 Å². The first kappa shape index (κ1) is 14.6. The van der Waals surface area contributed by atoms with Gasteiger partial charge >= 0.3 is 0 Å². The molecule has 0 aromatic carbocycles. The molecule has 2 atom stereocenters. The van der Waals surface area contributed by atoms with Crippen molar-refractivity contribution < 1.29 is 8.42 Å². The van der Waals surface area contributed by atoms with Crippen LogP contribution in [-0.2, 0) is 9.84 Å². The van der Waals surface area contributed by atoms with Crippen molar-refractivity contribution in [1.29, 1.82) is 0 Å². The van der Waals surface area contributed by atoms with Crippen LogP contribution in [0.3, 0.4) is 0 Å². The zero-order valence-electron chi connectivity index (χ0n) is 11.1. The number of rotatable bonds is 6. The number of hydrogen-bond acceptors (Lipinski definition) is 5. The summed E-state index contributed by atoms with van der Waals surface area (Å²) in [7, 11) is -2.84. The molecular weight excluding hydrogens is 268 g/mol. The van der Waals surface area contributed by atoms with E-state index in [9.17, 15) is 8.42 Å². The van der Waals surface area contributed by atoms with Crippen molar-refractivity contribution in [3.05, 3.63) is 0 Å². The Bertz CT molecular complexity index is 353. The third-order valence-electron chi connectivity index (χ3n) is 3.79. The van der Waals surface area contributed by atoms with Gasteiger partial charge in [0.25, 0.3) is 0 Å². The van der Waals surface area contributed by atoms with E-state index in [4.69, 9.17) is 0 Å². The fourth-order valence-corrected chi connectivity index (χ4v) is 5.46. The Labute approximate surface area is 115 Å². The molecule has 4 nitrogen and oxygen atoms in total. The van der Waals surface area contributed by atoms with Gasteiger partial charge in [0, 0.05) is 24.4 Å². The highest BCUT2D eigenvalue weighted by atomic mass is 32.2. The van der Waals surface area contributed by atoms with Gasteiger partial charge in [0.05, 0.1) is 11.5 Å². The first-order valence-electron chi connectivity index (χ1n) is 6.88. The Balaban J connectivity index is 1.88. The molecule has 18 heavy (non-hydrogen) atoms. The zero-order valence-corrected chi connectivity index (χ0v) is 12.7. The van der Waals surface area contributed by atoms with E-state index < -0.39 is 9.84 Å². The molecule has 0 bridgehead atoms. The van der Waals surface area contributed by atoms with Gasteiger partial charge in [0.15, 0.2) is 9.84 Å². The lowest BCUT2D eigenvalue weighted by molar-refractivity contribution is 0.228. The van der Waals surface area contributed by atoms with Gasteiger partial charge in [-0.3, -0.25) is 4.90 Å². The molecule has 0 amide bonds. The molecule has 2 fully saturated rings. The predicted octanol–water partition coefficient (Wildman–Crippen LogP) is 0.591. The first-order valence-corrected chi connectivity index (χ1v) is 9.85. The van der Waals surface area contributed by atoms with Gasteiger partial charge in [-0.1, -0.05) is 6.92 Å². The monoisotopic (exact) mass is 292 g/mol. The van der Waals surface area contributed by atoms with Crippen molar-refractivity contribution in [2.45, 2.75) is 31.8 Å². The molecule has 0 radical (unpaired) electrons. The van der Waals surface area contributed by atoms with Crippen molar-refractivity contribution in [3.8, 4) is 0 Å². The van der Waals surface area contributed by atoms with Crippen molar-refractivity contribution in [3.63, 3.8) is 0 Å². The molecule has 2 aliphatic heterocycles. The highest BCUT2D eigenvalue weighted by Gasteiger charge is 2.41. The third kappa shape index (κ3) is 3.85. The SMILES string of the molecule is CCSCCN[C@@H]1CS(=O)(=O)C[C@@H]1N1CCCC1. The van der Waals surface area contributed by atoms with Crippen molar-refractivity contribution in [2.24, 2.45) is 0 Å². The van der Waals surface area contributed by atoms with E-state index in [2.05, 4.69) is 17.1 Å². The predicted molar refractivity (Wildman–Crippen MR) is 78.0 cm³/mol. The molecule has 0 saturated carbocycles. The molecule has 0 unspecified atom stereocenters. The molecule has 0 aromatic heterocycles. The van der Waals surface area contributed by atoms with Crippen LogP contribution in [0.15, 0.2) is 0 Å². The largest absolute Gasteiger partial charge is 0.311 e. The Morgan fingerprint density at radius 3 is 2.67 bits per heavy atom. The lowest BCUT2D eigenvalue weighted by Gasteiger charge is -2.28. The van der Waals surface area contributed by atoms with Crippen molar-refractivity contribution in [1.82, 2.24) is 10.2 Å². The van der Waals surface area contributed by atoms with Crippen LogP contribution >= 0.6 is 11.8 Å². The van der Waals surface area contributed by atoms with Gasteiger partial charge in [-0.25, -0.2) is 8.42 Å². The normalized spacial score (nSPS) is 32.1. The van der Waals surface area contributed by atoms with E-state index in [-0.39, 0.29) is 12.1 Å². The number of thioether (sulfide) groups is 1. The number of nitrogens with zero attached hydrogens (tertiary/aromatic N) is 1. The summed E-state index contributed by atoms with van der Waals surface area (Å²) < 4.78 is 23.7. The molecule has 2 aliphatic rings. The number of sulfone groups is 1. The van der Waals surface area contributed by atoms with Crippen LogP contribution in [-0.4, -0.2) is 68.0 Å². The lowest BCUT2D eigenvalue weighted by atomic mass is 10.1. The Kier molecular flexibility index (Phi) is 5.35. The maximum atomic E-state index is 11.8. The average Bonchev–Trinajstić information content (AvgIpc) is 2.91. The highest BCUT2D eigenvalue weighted by Crippen LogP contribution is 2.22. The second kappa shape index (κ2) is 6.59. The third-order valence-corrected chi connectivity index (χ3v) is 6.41. The van der Waals surface area contributed by atoms with Gasteiger partial charge in [0.1, 0.15) is 0 Å². The molecule has 0 spiro atoms.